The molecule has 0 bridgehead atoms. The lowest BCUT2D eigenvalue weighted by Gasteiger charge is -2.31. The molecule has 12 heteroatoms. The Balaban J connectivity index is 1.49. The third-order valence-electron chi connectivity index (χ3n) is 5.16. The van der Waals surface area contributed by atoms with E-state index < -0.39 is 10.0 Å². The number of methoxy groups -OCH3 is 1. The number of carbonyl (C=O) groups is 1. The maximum Gasteiger partial charge on any atom is 0.243 e. The molecule has 1 aliphatic rings. The minimum Gasteiger partial charge on any atom is -0.494 e. The van der Waals surface area contributed by atoms with Crippen LogP contribution in [-0.4, -0.2) is 59.0 Å². The van der Waals surface area contributed by atoms with Crippen molar-refractivity contribution in [2.24, 2.45) is 5.92 Å². The predicted octanol–water partition coefficient (Wildman–Crippen LogP) is 1.45. The van der Waals surface area contributed by atoms with Crippen LogP contribution in [0.15, 0.2) is 46.9 Å². The number of rotatable bonds is 7. The molecule has 1 aliphatic heterocycles. The molecule has 31 heavy (non-hydrogen) atoms. The SMILES string of the molecule is COc1cc(S(=O)(=O)N2CCCC(C(=O)NCc3cccs3)C2)ccc1-n1cnnn1. The van der Waals surface area contributed by atoms with Gasteiger partial charge in [0.15, 0.2) is 0 Å². The summed E-state index contributed by atoms with van der Waals surface area (Å²) in [7, 11) is -2.34. The zero-order valence-electron chi connectivity index (χ0n) is 16.8. The highest BCUT2D eigenvalue weighted by atomic mass is 32.2. The van der Waals surface area contributed by atoms with Crippen LogP contribution in [0.3, 0.4) is 0 Å². The molecule has 0 saturated carbocycles. The number of piperidine rings is 1. The van der Waals surface area contributed by atoms with E-state index in [0.717, 1.165) is 4.88 Å². The van der Waals surface area contributed by atoms with Crippen LogP contribution in [0.25, 0.3) is 5.69 Å². The fourth-order valence-corrected chi connectivity index (χ4v) is 5.72. The summed E-state index contributed by atoms with van der Waals surface area (Å²) in [6.07, 6.45) is 2.68. The Kier molecular flexibility index (Phi) is 6.30. The van der Waals surface area contributed by atoms with Crippen LogP contribution in [0.4, 0.5) is 0 Å². The van der Waals surface area contributed by atoms with E-state index in [9.17, 15) is 13.2 Å². The molecular formula is C19H22N6O4S2. The van der Waals surface area contributed by atoms with Crippen molar-refractivity contribution in [3.63, 3.8) is 0 Å². The number of hydrogen-bond acceptors (Lipinski definition) is 8. The highest BCUT2D eigenvalue weighted by Gasteiger charge is 2.33. The molecule has 10 nitrogen and oxygen atoms in total. The molecule has 0 radical (unpaired) electrons. The lowest BCUT2D eigenvalue weighted by molar-refractivity contribution is -0.126. The van der Waals surface area contributed by atoms with Crippen LogP contribution in [0, 0.1) is 5.92 Å². The molecule has 1 N–H and O–H groups in total. The minimum absolute atomic E-state index is 0.0980. The first-order valence-electron chi connectivity index (χ1n) is 9.70. The van der Waals surface area contributed by atoms with E-state index in [1.165, 1.54) is 34.6 Å². The number of hydrogen-bond donors (Lipinski definition) is 1. The van der Waals surface area contributed by atoms with Gasteiger partial charge in [-0.05, 0) is 46.8 Å². The molecule has 1 fully saturated rings. The monoisotopic (exact) mass is 462 g/mol. The molecule has 4 rings (SSSR count). The van der Waals surface area contributed by atoms with Gasteiger partial charge in [-0.2, -0.15) is 8.99 Å². The van der Waals surface area contributed by atoms with Gasteiger partial charge in [0, 0.05) is 24.0 Å². The molecule has 0 aliphatic carbocycles. The summed E-state index contributed by atoms with van der Waals surface area (Å²) in [5, 5.41) is 15.9. The molecule has 1 amide bonds. The number of nitrogens with one attached hydrogen (secondary N) is 1. The number of ether oxygens (including phenoxy) is 1. The number of benzene rings is 1. The normalized spacial score (nSPS) is 17.4. The number of thiophene rings is 1. The first kappa shape index (κ1) is 21.4. The van der Waals surface area contributed by atoms with E-state index in [0.29, 0.717) is 37.4 Å². The van der Waals surface area contributed by atoms with Gasteiger partial charge < -0.3 is 10.1 Å². The first-order chi connectivity index (χ1) is 15.0. The van der Waals surface area contributed by atoms with E-state index >= 15 is 0 Å². The number of carbonyl (C=O) groups excluding carboxylic acids is 1. The quantitative estimate of drug-likeness (QED) is 0.564. The molecule has 164 valence electrons. The Bertz CT molecular complexity index is 1130. The topological polar surface area (TPSA) is 119 Å². The number of amides is 1. The van der Waals surface area contributed by atoms with Crippen LogP contribution < -0.4 is 10.1 Å². The van der Waals surface area contributed by atoms with E-state index in [4.69, 9.17) is 4.74 Å². The van der Waals surface area contributed by atoms with Crippen LogP contribution in [0.5, 0.6) is 5.75 Å². The molecule has 2 aromatic heterocycles. The van der Waals surface area contributed by atoms with Gasteiger partial charge in [-0.1, -0.05) is 6.07 Å². The Labute approximate surface area is 183 Å². The summed E-state index contributed by atoms with van der Waals surface area (Å²) < 4.78 is 34.6. The third kappa shape index (κ3) is 4.60. The molecule has 1 atom stereocenters. The second-order valence-corrected chi connectivity index (χ2v) is 10.1. The summed E-state index contributed by atoms with van der Waals surface area (Å²) in [5.41, 5.74) is 0.524. The third-order valence-corrected chi connectivity index (χ3v) is 7.89. The number of sulfonamides is 1. The Morgan fingerprint density at radius 3 is 2.94 bits per heavy atom. The largest absolute Gasteiger partial charge is 0.494 e. The fourth-order valence-electron chi connectivity index (χ4n) is 3.53. The van der Waals surface area contributed by atoms with Gasteiger partial charge in [0.2, 0.25) is 15.9 Å². The van der Waals surface area contributed by atoms with Gasteiger partial charge in [0.05, 0.1) is 24.5 Å². The van der Waals surface area contributed by atoms with Crippen molar-refractivity contribution < 1.29 is 17.9 Å². The average molecular weight is 463 g/mol. The standard InChI is InChI=1S/C19H22N6O4S2/c1-29-18-10-16(6-7-17(18)25-13-21-22-23-25)31(27,28)24-8-2-4-14(12-24)19(26)20-11-15-5-3-9-30-15/h3,5-7,9-10,13-14H,2,4,8,11-12H2,1H3,(H,20,26). The predicted molar refractivity (Wildman–Crippen MR) is 113 cm³/mol. The van der Waals surface area contributed by atoms with E-state index in [1.54, 1.807) is 17.4 Å². The van der Waals surface area contributed by atoms with E-state index in [-0.39, 0.29) is 23.3 Å². The maximum atomic E-state index is 13.3. The number of nitrogens with zero attached hydrogens (tertiary/aromatic N) is 5. The lowest BCUT2D eigenvalue weighted by atomic mass is 9.99. The van der Waals surface area contributed by atoms with Crippen molar-refractivity contribution in [2.75, 3.05) is 20.2 Å². The highest BCUT2D eigenvalue weighted by Crippen LogP contribution is 2.29. The molecule has 1 unspecified atom stereocenters. The second-order valence-electron chi connectivity index (χ2n) is 7.09. The van der Waals surface area contributed by atoms with Crippen molar-refractivity contribution in [3.8, 4) is 11.4 Å². The maximum absolute atomic E-state index is 13.3. The zero-order valence-corrected chi connectivity index (χ0v) is 18.5. The van der Waals surface area contributed by atoms with Crippen molar-refractivity contribution >= 4 is 27.3 Å². The Morgan fingerprint density at radius 1 is 1.35 bits per heavy atom. The van der Waals surface area contributed by atoms with Gasteiger partial charge in [0.25, 0.3) is 0 Å². The minimum atomic E-state index is -3.79. The molecule has 3 aromatic rings. The summed E-state index contributed by atoms with van der Waals surface area (Å²) in [6, 6.07) is 8.43. The smallest absolute Gasteiger partial charge is 0.243 e. The number of tetrazole rings is 1. The van der Waals surface area contributed by atoms with Crippen LogP contribution in [0.1, 0.15) is 17.7 Å². The van der Waals surface area contributed by atoms with Crippen molar-refractivity contribution in [1.82, 2.24) is 29.8 Å². The van der Waals surface area contributed by atoms with E-state index in [1.807, 2.05) is 17.5 Å². The summed E-state index contributed by atoms with van der Waals surface area (Å²) in [4.78, 5) is 13.8. The highest BCUT2D eigenvalue weighted by molar-refractivity contribution is 7.89. The van der Waals surface area contributed by atoms with Crippen LogP contribution >= 0.6 is 11.3 Å². The summed E-state index contributed by atoms with van der Waals surface area (Å²) in [5.74, 6) is -0.179. The molecule has 3 heterocycles. The summed E-state index contributed by atoms with van der Waals surface area (Å²) >= 11 is 1.57. The van der Waals surface area contributed by atoms with Gasteiger partial charge in [-0.15, -0.1) is 16.4 Å². The Morgan fingerprint density at radius 2 is 2.23 bits per heavy atom. The Hall–Kier alpha value is -2.83. The number of aromatic nitrogens is 4. The van der Waals surface area contributed by atoms with Gasteiger partial charge in [-0.25, -0.2) is 8.42 Å². The summed E-state index contributed by atoms with van der Waals surface area (Å²) in [6.45, 7) is 0.972. The fraction of sp³-hybridized carbons (Fsp3) is 0.368. The molecular weight excluding hydrogens is 440 g/mol. The molecule has 0 spiro atoms. The van der Waals surface area contributed by atoms with Crippen molar-refractivity contribution in [2.45, 2.75) is 24.3 Å². The lowest BCUT2D eigenvalue weighted by Crippen LogP contribution is -2.45. The molecule has 1 saturated heterocycles. The zero-order chi connectivity index (χ0) is 21.8. The average Bonchev–Trinajstić information content (AvgIpc) is 3.51. The van der Waals surface area contributed by atoms with Crippen LogP contribution in [0.2, 0.25) is 0 Å². The van der Waals surface area contributed by atoms with Crippen molar-refractivity contribution in [1.29, 1.82) is 0 Å². The molecule has 1 aromatic carbocycles. The van der Waals surface area contributed by atoms with Gasteiger partial charge in [0.1, 0.15) is 17.8 Å². The van der Waals surface area contributed by atoms with Gasteiger partial charge >= 0.3 is 0 Å². The van der Waals surface area contributed by atoms with Gasteiger partial charge in [-0.3, -0.25) is 4.79 Å². The van der Waals surface area contributed by atoms with Crippen molar-refractivity contribution in [3.05, 3.63) is 46.9 Å². The van der Waals surface area contributed by atoms with E-state index in [2.05, 4.69) is 20.8 Å². The van der Waals surface area contributed by atoms with Crippen LogP contribution in [-0.2, 0) is 21.4 Å². The second kappa shape index (κ2) is 9.12. The first-order valence-corrected chi connectivity index (χ1v) is 12.0.